The number of rotatable bonds is 14. The van der Waals surface area contributed by atoms with E-state index in [4.69, 9.17) is 25.5 Å². The van der Waals surface area contributed by atoms with Gasteiger partial charge in [-0.25, -0.2) is 0 Å². The molecule has 0 spiro atoms. The number of terminal acetylenes is 1. The Bertz CT molecular complexity index is 1690. The molecule has 2 heterocycles. The van der Waals surface area contributed by atoms with Crippen molar-refractivity contribution in [2.24, 2.45) is 23.7 Å². The number of amides is 2. The average molecular weight is 607 g/mol. The first-order valence-electron chi connectivity index (χ1n) is 15.2. The zero-order valence-electron chi connectivity index (χ0n) is 25.0. The van der Waals surface area contributed by atoms with Crippen LogP contribution in [0.5, 0.6) is 11.5 Å². The maximum Gasteiger partial charge on any atom is 0.258 e. The van der Waals surface area contributed by atoms with Gasteiger partial charge in [-0.3, -0.25) is 19.4 Å². The summed E-state index contributed by atoms with van der Waals surface area (Å²) in [7, 11) is 0. The van der Waals surface area contributed by atoms with E-state index in [0.29, 0.717) is 40.3 Å². The molecule has 2 fully saturated rings. The fourth-order valence-electron chi connectivity index (χ4n) is 6.30. The molecule has 2 aliphatic carbocycles. The van der Waals surface area contributed by atoms with E-state index in [1.165, 1.54) is 6.20 Å². The van der Waals surface area contributed by atoms with E-state index in [1.54, 1.807) is 6.07 Å². The van der Waals surface area contributed by atoms with E-state index in [-0.39, 0.29) is 61.9 Å². The molecule has 2 aromatic carbocycles. The molecule has 3 aromatic rings. The van der Waals surface area contributed by atoms with E-state index in [2.05, 4.69) is 41.4 Å². The number of nitrogens with one attached hydrogen (secondary N) is 1. The van der Waals surface area contributed by atoms with Gasteiger partial charge in [0.15, 0.2) is 11.5 Å². The lowest BCUT2D eigenvalue weighted by molar-refractivity contribution is -0.193. The van der Waals surface area contributed by atoms with Crippen LogP contribution in [0, 0.1) is 47.3 Å². The van der Waals surface area contributed by atoms with Crippen LogP contribution in [0.4, 0.5) is 11.4 Å². The highest BCUT2D eigenvalue weighted by molar-refractivity contribution is 6.05. The highest BCUT2D eigenvalue weighted by Gasteiger charge is 2.60. The smallest absolute Gasteiger partial charge is 0.258 e. The second-order valence-corrected chi connectivity index (χ2v) is 11.3. The van der Waals surface area contributed by atoms with Crippen molar-refractivity contribution in [1.29, 1.82) is 5.26 Å². The number of fused-ring (bicyclic) bond motifs is 6. The quantitative estimate of drug-likeness (QED) is 0.115. The number of carbonyl (C=O) groups is 2. The third-order valence-electron chi connectivity index (χ3n) is 8.47. The second-order valence-electron chi connectivity index (χ2n) is 11.3. The number of nitriles is 1. The van der Waals surface area contributed by atoms with Crippen molar-refractivity contribution in [3.8, 4) is 29.9 Å². The summed E-state index contributed by atoms with van der Waals surface area (Å²) in [6.45, 7) is 3.31. The molecule has 4 unspecified atom stereocenters. The number of nitrogens with zero attached hydrogens (tertiary/aromatic N) is 3. The number of carbonyl (C=O) groups excluding carboxylic acids is 2. The van der Waals surface area contributed by atoms with Gasteiger partial charge in [0, 0.05) is 28.9 Å². The van der Waals surface area contributed by atoms with Gasteiger partial charge in [-0.05, 0) is 48.9 Å². The Morgan fingerprint density at radius 3 is 2.47 bits per heavy atom. The standard InChI is InChI=1S/C35H34N4O6/c1-3-5-11-43-29-18-27-28(37-21-25(20-36)33(27)38-26-8-6-7-22(4-2)16-26)19-30(29)44-14-12-42-13-15-45-39-34(40)31-23-9-10-24(17-23)32(31)35(39)41/h2,6-10,16,18-19,21,23-24,31-32H,3,5,11-15,17H2,1H3,(H,37,38). The van der Waals surface area contributed by atoms with Gasteiger partial charge in [-0.2, -0.15) is 10.3 Å². The fourth-order valence-corrected chi connectivity index (χ4v) is 6.30. The summed E-state index contributed by atoms with van der Waals surface area (Å²) in [6, 6.07) is 13.2. The number of imide groups is 1. The van der Waals surface area contributed by atoms with E-state index < -0.39 is 0 Å². The van der Waals surface area contributed by atoms with E-state index in [9.17, 15) is 14.9 Å². The van der Waals surface area contributed by atoms with Crippen molar-refractivity contribution in [2.45, 2.75) is 26.2 Å². The number of allylic oxidation sites excluding steroid dienone is 2. The number of anilines is 2. The molecule has 10 nitrogen and oxygen atoms in total. The summed E-state index contributed by atoms with van der Waals surface area (Å²) >= 11 is 0. The van der Waals surface area contributed by atoms with E-state index in [0.717, 1.165) is 35.6 Å². The van der Waals surface area contributed by atoms with Crippen molar-refractivity contribution >= 4 is 34.1 Å². The summed E-state index contributed by atoms with van der Waals surface area (Å²) in [5.74, 6) is 2.87. The zero-order valence-corrected chi connectivity index (χ0v) is 25.0. The zero-order chi connectivity index (χ0) is 31.3. The van der Waals surface area contributed by atoms with Gasteiger partial charge in [0.25, 0.3) is 11.8 Å². The third-order valence-corrected chi connectivity index (χ3v) is 8.47. The lowest BCUT2D eigenvalue weighted by Crippen LogP contribution is -2.34. The largest absolute Gasteiger partial charge is 0.490 e. The summed E-state index contributed by atoms with van der Waals surface area (Å²) in [5, 5.41) is 14.8. The van der Waals surface area contributed by atoms with Crippen molar-refractivity contribution in [3.63, 3.8) is 0 Å². The number of ether oxygens (including phenoxy) is 3. The molecule has 2 bridgehead atoms. The number of hydrogen-bond acceptors (Lipinski definition) is 9. The number of benzene rings is 2. The highest BCUT2D eigenvalue weighted by Crippen LogP contribution is 2.52. The molecule has 1 saturated heterocycles. The molecule has 3 aliphatic rings. The Morgan fingerprint density at radius 1 is 1.00 bits per heavy atom. The van der Waals surface area contributed by atoms with Crippen LogP contribution in [0.2, 0.25) is 0 Å². The minimum absolute atomic E-state index is 0.0756. The lowest BCUT2D eigenvalue weighted by Gasteiger charge is -2.17. The van der Waals surface area contributed by atoms with Gasteiger partial charge in [-0.15, -0.1) is 6.42 Å². The van der Waals surface area contributed by atoms with Crippen LogP contribution in [0.1, 0.15) is 37.3 Å². The first-order chi connectivity index (χ1) is 22.0. The van der Waals surface area contributed by atoms with Crippen LogP contribution in [0.3, 0.4) is 0 Å². The lowest BCUT2D eigenvalue weighted by atomic mass is 9.85. The van der Waals surface area contributed by atoms with Gasteiger partial charge >= 0.3 is 0 Å². The SMILES string of the molecule is C#Cc1cccc(Nc2c(C#N)cnc3cc(OCCOCCON4C(=O)C5C6C=CC(C6)C5C4=O)c(OCCCC)cc23)c1. The molecule has 45 heavy (non-hydrogen) atoms. The Hall–Kier alpha value is -4.90. The number of hydroxylamine groups is 2. The molecular weight excluding hydrogens is 572 g/mol. The minimum Gasteiger partial charge on any atom is -0.490 e. The van der Waals surface area contributed by atoms with Crippen LogP contribution in [0.15, 0.2) is 54.7 Å². The predicted molar refractivity (Wildman–Crippen MR) is 166 cm³/mol. The number of aromatic nitrogens is 1. The first kappa shape index (κ1) is 30.1. The maximum atomic E-state index is 12.7. The molecule has 230 valence electrons. The third kappa shape index (κ3) is 6.08. The highest BCUT2D eigenvalue weighted by atomic mass is 16.7. The van der Waals surface area contributed by atoms with Crippen molar-refractivity contribution in [1.82, 2.24) is 10.0 Å². The normalized spacial score (nSPS) is 21.2. The Kier molecular flexibility index (Phi) is 8.97. The van der Waals surface area contributed by atoms with Crippen molar-refractivity contribution in [3.05, 3.63) is 65.9 Å². The molecule has 6 rings (SSSR count). The van der Waals surface area contributed by atoms with Crippen LogP contribution in [0.25, 0.3) is 10.9 Å². The molecule has 1 N–H and O–H groups in total. The summed E-state index contributed by atoms with van der Waals surface area (Å²) in [5.41, 5.74) is 3.05. The molecule has 10 heteroatoms. The molecule has 1 saturated carbocycles. The average Bonchev–Trinajstić information content (AvgIpc) is 3.75. The van der Waals surface area contributed by atoms with Gasteiger partial charge in [0.1, 0.15) is 12.7 Å². The molecular formula is C35H34N4O6. The van der Waals surface area contributed by atoms with Crippen LogP contribution < -0.4 is 14.8 Å². The molecule has 0 radical (unpaired) electrons. The monoisotopic (exact) mass is 606 g/mol. The number of unbranched alkanes of at least 4 members (excludes halogenated alkanes) is 1. The van der Waals surface area contributed by atoms with Crippen LogP contribution >= 0.6 is 0 Å². The van der Waals surface area contributed by atoms with E-state index >= 15 is 0 Å². The molecule has 1 aromatic heterocycles. The molecule has 2 amide bonds. The Balaban J connectivity index is 1.08. The number of hydrogen-bond donors (Lipinski definition) is 1. The summed E-state index contributed by atoms with van der Waals surface area (Å²) < 4.78 is 17.8. The molecule has 4 atom stereocenters. The van der Waals surface area contributed by atoms with Crippen molar-refractivity contribution in [2.75, 3.05) is 38.4 Å². The Morgan fingerprint density at radius 2 is 1.73 bits per heavy atom. The first-order valence-corrected chi connectivity index (χ1v) is 15.2. The summed E-state index contributed by atoms with van der Waals surface area (Å²) in [6.07, 6.45) is 13.9. The predicted octanol–water partition coefficient (Wildman–Crippen LogP) is 5.14. The van der Waals surface area contributed by atoms with Gasteiger partial charge < -0.3 is 19.5 Å². The van der Waals surface area contributed by atoms with Crippen LogP contribution in [-0.2, 0) is 19.2 Å². The summed E-state index contributed by atoms with van der Waals surface area (Å²) in [4.78, 5) is 35.5. The van der Waals surface area contributed by atoms with Gasteiger partial charge in [0.2, 0.25) is 0 Å². The van der Waals surface area contributed by atoms with Crippen LogP contribution in [-0.4, -0.2) is 54.9 Å². The molecule has 1 aliphatic heterocycles. The number of pyridine rings is 1. The van der Waals surface area contributed by atoms with Crippen molar-refractivity contribution < 1.29 is 28.6 Å². The Labute approximate surface area is 261 Å². The topological polar surface area (TPSA) is 123 Å². The van der Waals surface area contributed by atoms with Gasteiger partial charge in [-0.1, -0.05) is 37.5 Å². The minimum atomic E-state index is -0.287. The van der Waals surface area contributed by atoms with E-state index in [1.807, 2.05) is 30.3 Å². The second kappa shape index (κ2) is 13.4. The van der Waals surface area contributed by atoms with Gasteiger partial charge in [0.05, 0.1) is 55.0 Å². The fraction of sp³-hybridized carbons (Fsp3) is 0.371. The maximum absolute atomic E-state index is 12.7.